The van der Waals surface area contributed by atoms with Crippen molar-refractivity contribution in [3.8, 4) is 5.75 Å². The minimum Gasteiger partial charge on any atom is -0.508 e. The van der Waals surface area contributed by atoms with Crippen molar-refractivity contribution in [2.75, 3.05) is 18.8 Å². The lowest BCUT2D eigenvalue weighted by atomic mass is 10.0. The number of carboxylic acids is 1. The molecule has 1 aromatic heterocycles. The molecule has 0 saturated carbocycles. The molecule has 0 radical (unpaired) electrons. The maximum absolute atomic E-state index is 14.2. The smallest absolute Gasteiger partial charge is 0.327 e. The van der Waals surface area contributed by atoms with Gasteiger partial charge in [0.05, 0.1) is 6.04 Å². The number of likely N-dealkylation sites (tertiary alicyclic amines) is 1. The molecule has 4 rings (SSSR count). The van der Waals surface area contributed by atoms with E-state index in [9.17, 15) is 39.0 Å². The number of benzene rings is 2. The number of nitrogens with one attached hydrogen (secondary N) is 5. The highest BCUT2D eigenvalue weighted by Gasteiger charge is 2.39. The predicted molar refractivity (Wildman–Crippen MR) is 204 cm³/mol. The van der Waals surface area contributed by atoms with Crippen molar-refractivity contribution in [3.05, 3.63) is 65.9 Å². The molecule has 1 fully saturated rings. The maximum atomic E-state index is 14.2. The molecule has 0 aliphatic carbocycles. The van der Waals surface area contributed by atoms with Crippen LogP contribution < -0.4 is 32.7 Å². The third-order valence-electron chi connectivity index (χ3n) is 9.35. The number of aliphatic carboxylic acids is 1. The number of carbonyl (C=O) groups is 6. The van der Waals surface area contributed by atoms with Gasteiger partial charge in [0.25, 0.3) is 0 Å². The summed E-state index contributed by atoms with van der Waals surface area (Å²) in [4.78, 5) is 84.5. The second kappa shape index (κ2) is 19.8. The quantitative estimate of drug-likeness (QED) is 0.0580. The molecule has 0 spiro atoms. The first-order chi connectivity index (χ1) is 25.8. The van der Waals surface area contributed by atoms with Gasteiger partial charge in [-0.05, 0) is 74.9 Å². The highest BCUT2D eigenvalue weighted by molar-refractivity contribution is 7.80. The number of thiol groups is 1. The Morgan fingerprint density at radius 1 is 0.889 bits per heavy atom. The number of unbranched alkanes of at least 4 members (excludes halogenated alkanes) is 1. The first-order valence-corrected chi connectivity index (χ1v) is 18.6. The summed E-state index contributed by atoms with van der Waals surface area (Å²) in [5.74, 6) is -4.61. The van der Waals surface area contributed by atoms with Crippen molar-refractivity contribution in [2.24, 2.45) is 11.5 Å². The zero-order valence-corrected chi connectivity index (χ0v) is 31.0. The number of phenols is 1. The number of amides is 5. The number of carboxylic acid groups (broad SMARTS) is 1. The van der Waals surface area contributed by atoms with Gasteiger partial charge in [-0.25, -0.2) is 4.79 Å². The molecule has 0 unspecified atom stereocenters. The molecule has 2 aromatic carbocycles. The number of nitrogens with zero attached hydrogens (tertiary/aromatic N) is 1. The van der Waals surface area contributed by atoms with Crippen LogP contribution in [0.1, 0.15) is 50.2 Å². The van der Waals surface area contributed by atoms with Crippen LogP contribution in [-0.4, -0.2) is 111 Å². The molecule has 0 bridgehead atoms. The first kappa shape index (κ1) is 41.6. The van der Waals surface area contributed by atoms with Crippen molar-refractivity contribution in [1.29, 1.82) is 0 Å². The topological polar surface area (TPSA) is 262 Å². The molecular weight excluding hydrogens is 717 g/mol. The number of hydrogen-bond acceptors (Lipinski definition) is 10. The molecule has 1 aliphatic heterocycles. The van der Waals surface area contributed by atoms with E-state index in [2.05, 4.69) is 38.9 Å². The first-order valence-electron chi connectivity index (χ1n) is 18.0. The largest absolute Gasteiger partial charge is 0.508 e. The minimum absolute atomic E-state index is 0.00362. The third kappa shape index (κ3) is 11.2. The monoisotopic (exact) mass is 766 g/mol. The number of fused-ring (bicyclic) bond motifs is 1. The summed E-state index contributed by atoms with van der Waals surface area (Å²) in [6.07, 6.45) is 3.94. The Morgan fingerprint density at radius 2 is 1.54 bits per heavy atom. The summed E-state index contributed by atoms with van der Waals surface area (Å²) in [5, 5.41) is 30.8. The van der Waals surface area contributed by atoms with Crippen LogP contribution in [0, 0.1) is 0 Å². The van der Waals surface area contributed by atoms with Gasteiger partial charge < -0.3 is 52.8 Å². The average molecular weight is 767 g/mol. The Balaban J connectivity index is 1.62. The number of aromatic nitrogens is 1. The third-order valence-corrected chi connectivity index (χ3v) is 9.72. The van der Waals surface area contributed by atoms with Gasteiger partial charge >= 0.3 is 5.97 Å². The molecule has 292 valence electrons. The Hall–Kier alpha value is -5.13. The van der Waals surface area contributed by atoms with E-state index in [1.807, 2.05) is 24.3 Å². The Morgan fingerprint density at radius 3 is 2.19 bits per heavy atom. The summed E-state index contributed by atoms with van der Waals surface area (Å²) < 4.78 is 0. The molecule has 3 aromatic rings. The number of aromatic amines is 1. The van der Waals surface area contributed by atoms with E-state index in [-0.39, 0.29) is 30.9 Å². The number of nitrogens with two attached hydrogens (primary N) is 2. The highest BCUT2D eigenvalue weighted by Crippen LogP contribution is 2.23. The number of carbonyl (C=O) groups excluding carboxylic acids is 5. The van der Waals surface area contributed by atoms with E-state index < -0.39 is 71.8 Å². The molecule has 54 heavy (non-hydrogen) atoms. The van der Waals surface area contributed by atoms with Crippen LogP contribution in [0.3, 0.4) is 0 Å². The molecule has 6 atom stereocenters. The average Bonchev–Trinajstić information content (AvgIpc) is 3.81. The van der Waals surface area contributed by atoms with Crippen LogP contribution in [0.15, 0.2) is 54.7 Å². The van der Waals surface area contributed by atoms with Crippen LogP contribution >= 0.6 is 12.6 Å². The maximum Gasteiger partial charge on any atom is 0.327 e. The van der Waals surface area contributed by atoms with Gasteiger partial charge in [0.1, 0.15) is 36.0 Å². The highest BCUT2D eigenvalue weighted by atomic mass is 32.1. The fourth-order valence-electron chi connectivity index (χ4n) is 6.36. The van der Waals surface area contributed by atoms with Gasteiger partial charge in [0.15, 0.2) is 0 Å². The summed E-state index contributed by atoms with van der Waals surface area (Å²) in [6, 6.07) is 6.74. The number of para-hydroxylation sites is 1. The van der Waals surface area contributed by atoms with Crippen molar-refractivity contribution in [3.63, 3.8) is 0 Å². The lowest BCUT2D eigenvalue weighted by Gasteiger charge is -2.30. The van der Waals surface area contributed by atoms with Gasteiger partial charge in [0.2, 0.25) is 29.5 Å². The van der Waals surface area contributed by atoms with Crippen LogP contribution in [-0.2, 0) is 41.6 Å². The number of H-pyrrole nitrogens is 1. The van der Waals surface area contributed by atoms with Crippen molar-refractivity contribution >= 4 is 59.0 Å². The molecule has 17 heteroatoms. The molecule has 2 heterocycles. The van der Waals surface area contributed by atoms with Gasteiger partial charge in [0, 0.05) is 42.2 Å². The standard InChI is InChI=1S/C37H50N8O8S/c1-21(39)32(47)41-27(9-4-5-15-38)36(51)45-16-6-10-31(45)35(50)43-29(18-23-19-40-26-8-3-2-7-25(23)26)34(49)42-28(17-22-11-13-24(46)14-12-22)33(48)44-30(20-54)37(52)53/h2-3,7-8,11-14,19,21,27-31,40,46,54H,4-6,9-10,15-18,20,38-39H2,1H3,(H,41,47)(H,42,49)(H,43,50)(H,44,48)(H,52,53)/t21-,27-,28-,29-,30-,31-/m0/s1. The molecule has 5 amide bonds. The van der Waals surface area contributed by atoms with Crippen LogP contribution in [0.5, 0.6) is 5.75 Å². The summed E-state index contributed by atoms with van der Waals surface area (Å²) in [7, 11) is 0. The zero-order chi connectivity index (χ0) is 39.4. The minimum atomic E-state index is -1.34. The fraction of sp³-hybridized carbons (Fsp3) is 0.459. The second-order valence-electron chi connectivity index (χ2n) is 13.5. The van der Waals surface area contributed by atoms with Crippen molar-refractivity contribution < 1.29 is 39.0 Å². The van der Waals surface area contributed by atoms with E-state index in [1.165, 1.54) is 24.0 Å². The lowest BCUT2D eigenvalue weighted by molar-refractivity contribution is -0.142. The van der Waals surface area contributed by atoms with E-state index in [1.54, 1.807) is 18.3 Å². The van der Waals surface area contributed by atoms with Gasteiger partial charge in [-0.3, -0.25) is 24.0 Å². The molecular formula is C37H50N8O8S. The lowest BCUT2D eigenvalue weighted by Crippen LogP contribution is -2.59. The second-order valence-corrected chi connectivity index (χ2v) is 13.8. The van der Waals surface area contributed by atoms with Gasteiger partial charge in [-0.15, -0.1) is 0 Å². The molecule has 1 saturated heterocycles. The number of rotatable bonds is 19. The Labute approximate surface area is 318 Å². The van der Waals surface area contributed by atoms with Crippen molar-refractivity contribution in [2.45, 2.75) is 88.1 Å². The van der Waals surface area contributed by atoms with Crippen molar-refractivity contribution in [1.82, 2.24) is 31.2 Å². The number of phenolic OH excluding ortho intramolecular Hbond substituents is 1. The number of hydrogen-bond donors (Lipinski definition) is 10. The normalized spacial score (nSPS) is 16.8. The summed E-state index contributed by atoms with van der Waals surface area (Å²) >= 11 is 4.03. The van der Waals surface area contributed by atoms with Gasteiger partial charge in [-0.2, -0.15) is 12.6 Å². The van der Waals surface area contributed by atoms with E-state index >= 15 is 0 Å². The van der Waals surface area contributed by atoms with Crippen LogP contribution in [0.4, 0.5) is 0 Å². The van der Waals surface area contributed by atoms with E-state index in [0.717, 1.165) is 10.9 Å². The predicted octanol–water partition coefficient (Wildman–Crippen LogP) is 0.0795. The molecule has 16 nitrogen and oxygen atoms in total. The number of aromatic hydroxyl groups is 1. The van der Waals surface area contributed by atoms with E-state index in [0.29, 0.717) is 49.8 Å². The molecule has 11 N–H and O–H groups in total. The van der Waals surface area contributed by atoms with Gasteiger partial charge in [-0.1, -0.05) is 30.3 Å². The summed E-state index contributed by atoms with van der Waals surface area (Å²) in [5.41, 5.74) is 13.5. The summed E-state index contributed by atoms with van der Waals surface area (Å²) in [6.45, 7) is 2.16. The SMILES string of the molecule is C[C@H](N)C(=O)N[C@@H](CCCCN)C(=O)N1CCC[C@H]1C(=O)N[C@@H](Cc1c[nH]c2ccccc12)C(=O)N[C@@H](Cc1ccc(O)cc1)C(=O)N[C@@H](CS)C(=O)O. The Bertz CT molecular complexity index is 1780. The zero-order valence-electron chi connectivity index (χ0n) is 30.1. The Kier molecular flexibility index (Phi) is 15.3. The molecule has 1 aliphatic rings. The fourth-order valence-corrected chi connectivity index (χ4v) is 6.61. The van der Waals surface area contributed by atoms with E-state index in [4.69, 9.17) is 11.5 Å². The van der Waals surface area contributed by atoms with Crippen LogP contribution in [0.25, 0.3) is 10.9 Å². The van der Waals surface area contributed by atoms with Crippen LogP contribution in [0.2, 0.25) is 0 Å².